The number of carbonyl (C=O) groups is 2. The summed E-state index contributed by atoms with van der Waals surface area (Å²) in [6.07, 6.45) is 0.296. The monoisotopic (exact) mass is 356 g/mol. The van der Waals surface area contributed by atoms with Gasteiger partial charge in [-0.2, -0.15) is 0 Å². The standard InChI is InChI=1S/C20H24N2O4/c1-14(23)21-17-8-5-15(6-9-17)12-20(24)22(2)13-16-7-10-18(25-3)19(11-16)26-4/h5-11H,12-13H2,1-4H3,(H,21,23). The van der Waals surface area contributed by atoms with Gasteiger partial charge >= 0.3 is 0 Å². The molecule has 138 valence electrons. The van der Waals surface area contributed by atoms with Crippen LogP contribution in [0.5, 0.6) is 11.5 Å². The minimum absolute atomic E-state index is 0.00654. The van der Waals surface area contributed by atoms with Crippen LogP contribution in [-0.4, -0.2) is 38.0 Å². The number of hydrogen-bond acceptors (Lipinski definition) is 4. The molecular weight excluding hydrogens is 332 g/mol. The van der Waals surface area contributed by atoms with Crippen molar-refractivity contribution in [1.82, 2.24) is 4.90 Å². The van der Waals surface area contributed by atoms with Crippen molar-refractivity contribution in [3.05, 3.63) is 53.6 Å². The first-order valence-electron chi connectivity index (χ1n) is 8.24. The predicted molar refractivity (Wildman–Crippen MR) is 100 cm³/mol. The average Bonchev–Trinajstić information content (AvgIpc) is 2.62. The Morgan fingerprint density at radius 3 is 2.15 bits per heavy atom. The van der Waals surface area contributed by atoms with Gasteiger partial charge in [-0.3, -0.25) is 9.59 Å². The van der Waals surface area contributed by atoms with Gasteiger partial charge in [-0.05, 0) is 35.4 Å². The minimum atomic E-state index is -0.122. The van der Waals surface area contributed by atoms with Gasteiger partial charge in [-0.15, -0.1) is 0 Å². The molecule has 0 aliphatic heterocycles. The fraction of sp³-hybridized carbons (Fsp3) is 0.300. The first kappa shape index (κ1) is 19.3. The van der Waals surface area contributed by atoms with Crippen LogP contribution in [0.25, 0.3) is 0 Å². The molecule has 2 amide bonds. The molecule has 0 unspecified atom stereocenters. The maximum absolute atomic E-state index is 12.5. The second kappa shape index (κ2) is 8.89. The molecular formula is C20H24N2O4. The summed E-state index contributed by atoms with van der Waals surface area (Å²) in [6, 6.07) is 12.9. The van der Waals surface area contributed by atoms with Crippen molar-refractivity contribution in [3.63, 3.8) is 0 Å². The van der Waals surface area contributed by atoms with Gasteiger partial charge in [-0.25, -0.2) is 0 Å². The van der Waals surface area contributed by atoms with Crippen LogP contribution in [0.15, 0.2) is 42.5 Å². The lowest BCUT2D eigenvalue weighted by Crippen LogP contribution is -2.27. The van der Waals surface area contributed by atoms with Crippen LogP contribution >= 0.6 is 0 Å². The highest BCUT2D eigenvalue weighted by molar-refractivity contribution is 5.88. The number of amides is 2. The summed E-state index contributed by atoms with van der Waals surface area (Å²) in [4.78, 5) is 25.2. The highest BCUT2D eigenvalue weighted by Crippen LogP contribution is 2.28. The van der Waals surface area contributed by atoms with E-state index in [4.69, 9.17) is 9.47 Å². The third-order valence-electron chi connectivity index (χ3n) is 3.92. The van der Waals surface area contributed by atoms with Crippen molar-refractivity contribution >= 4 is 17.5 Å². The summed E-state index contributed by atoms with van der Waals surface area (Å²) in [6.45, 7) is 1.93. The molecule has 2 rings (SSSR count). The Morgan fingerprint density at radius 2 is 1.58 bits per heavy atom. The Balaban J connectivity index is 1.98. The van der Waals surface area contributed by atoms with Crippen molar-refractivity contribution in [2.24, 2.45) is 0 Å². The van der Waals surface area contributed by atoms with Crippen molar-refractivity contribution < 1.29 is 19.1 Å². The molecule has 6 heteroatoms. The van der Waals surface area contributed by atoms with Gasteiger partial charge in [0.1, 0.15) is 0 Å². The van der Waals surface area contributed by atoms with Gasteiger partial charge < -0.3 is 19.7 Å². The molecule has 26 heavy (non-hydrogen) atoms. The average molecular weight is 356 g/mol. The minimum Gasteiger partial charge on any atom is -0.493 e. The topological polar surface area (TPSA) is 67.9 Å². The number of methoxy groups -OCH3 is 2. The molecule has 0 bridgehead atoms. The summed E-state index contributed by atoms with van der Waals surface area (Å²) in [7, 11) is 4.94. The predicted octanol–water partition coefficient (Wildman–Crippen LogP) is 2.86. The van der Waals surface area contributed by atoms with Gasteiger partial charge in [0, 0.05) is 26.2 Å². The smallest absolute Gasteiger partial charge is 0.227 e. The largest absolute Gasteiger partial charge is 0.493 e. The summed E-state index contributed by atoms with van der Waals surface area (Å²) < 4.78 is 10.5. The van der Waals surface area contributed by atoms with Crippen LogP contribution in [0.4, 0.5) is 5.69 Å². The number of ether oxygens (including phenoxy) is 2. The van der Waals surface area contributed by atoms with Crippen molar-refractivity contribution in [2.45, 2.75) is 19.9 Å². The zero-order valence-corrected chi connectivity index (χ0v) is 15.5. The number of nitrogens with one attached hydrogen (secondary N) is 1. The van der Waals surface area contributed by atoms with Crippen LogP contribution < -0.4 is 14.8 Å². The molecule has 0 fully saturated rings. The highest BCUT2D eigenvalue weighted by atomic mass is 16.5. The molecule has 0 saturated carbocycles. The van der Waals surface area contributed by atoms with Gasteiger partial charge in [0.05, 0.1) is 20.6 Å². The summed E-state index contributed by atoms with van der Waals surface area (Å²) in [5.74, 6) is 1.18. The molecule has 2 aromatic rings. The Kier molecular flexibility index (Phi) is 6.60. The van der Waals surface area contributed by atoms with Crippen molar-refractivity contribution in [2.75, 3.05) is 26.6 Å². The number of hydrogen-bond donors (Lipinski definition) is 1. The summed E-state index contributed by atoms with van der Waals surface area (Å²) >= 11 is 0. The van der Waals surface area contributed by atoms with E-state index in [1.807, 2.05) is 30.3 Å². The molecule has 0 aliphatic carbocycles. The second-order valence-corrected chi connectivity index (χ2v) is 5.99. The fourth-order valence-electron chi connectivity index (χ4n) is 2.56. The zero-order valence-electron chi connectivity index (χ0n) is 15.5. The highest BCUT2D eigenvalue weighted by Gasteiger charge is 2.12. The van der Waals surface area contributed by atoms with E-state index >= 15 is 0 Å². The third-order valence-corrected chi connectivity index (χ3v) is 3.92. The molecule has 0 heterocycles. The fourth-order valence-corrected chi connectivity index (χ4v) is 2.56. The first-order chi connectivity index (χ1) is 12.4. The molecule has 0 aromatic heterocycles. The quantitative estimate of drug-likeness (QED) is 0.828. The van der Waals surface area contributed by atoms with E-state index in [1.165, 1.54) is 6.92 Å². The van der Waals surface area contributed by atoms with E-state index in [-0.39, 0.29) is 11.8 Å². The zero-order chi connectivity index (χ0) is 19.1. The van der Waals surface area contributed by atoms with Gasteiger partial charge in [0.25, 0.3) is 0 Å². The molecule has 0 spiro atoms. The van der Waals surface area contributed by atoms with E-state index < -0.39 is 0 Å². The number of nitrogens with zero attached hydrogens (tertiary/aromatic N) is 1. The van der Waals surface area contributed by atoms with Crippen molar-refractivity contribution in [3.8, 4) is 11.5 Å². The summed E-state index contributed by atoms with van der Waals surface area (Å²) in [5, 5.41) is 2.70. The number of rotatable bonds is 7. The molecule has 1 N–H and O–H groups in total. The first-order valence-corrected chi connectivity index (χ1v) is 8.24. The number of benzene rings is 2. The SMILES string of the molecule is COc1ccc(CN(C)C(=O)Cc2ccc(NC(C)=O)cc2)cc1OC. The van der Waals surface area contributed by atoms with Gasteiger partial charge in [-0.1, -0.05) is 18.2 Å². The van der Waals surface area contributed by atoms with Crippen LogP contribution in [0.2, 0.25) is 0 Å². The van der Waals surface area contributed by atoms with Crippen LogP contribution in [0, 0.1) is 0 Å². The Morgan fingerprint density at radius 1 is 0.962 bits per heavy atom. The molecule has 6 nitrogen and oxygen atoms in total. The Hall–Kier alpha value is -3.02. The second-order valence-electron chi connectivity index (χ2n) is 5.99. The molecule has 2 aromatic carbocycles. The Bertz CT molecular complexity index is 772. The normalized spacial score (nSPS) is 10.2. The molecule has 0 aliphatic rings. The van der Waals surface area contributed by atoms with Crippen molar-refractivity contribution in [1.29, 1.82) is 0 Å². The number of anilines is 1. The maximum Gasteiger partial charge on any atom is 0.227 e. The lowest BCUT2D eigenvalue weighted by Gasteiger charge is -2.18. The van der Waals surface area contributed by atoms with E-state index in [9.17, 15) is 9.59 Å². The number of carbonyl (C=O) groups excluding carboxylic acids is 2. The lowest BCUT2D eigenvalue weighted by molar-refractivity contribution is -0.129. The third kappa shape index (κ3) is 5.24. The molecule has 0 atom stereocenters. The van der Waals surface area contributed by atoms with Crippen LogP contribution in [0.1, 0.15) is 18.1 Å². The molecule has 0 radical (unpaired) electrons. The van der Waals surface area contributed by atoms with E-state index in [0.717, 1.165) is 11.1 Å². The van der Waals surface area contributed by atoms with Crippen LogP contribution in [-0.2, 0) is 22.6 Å². The molecule has 0 saturated heterocycles. The van der Waals surface area contributed by atoms with E-state index in [0.29, 0.717) is 30.2 Å². The Labute approximate surface area is 153 Å². The number of likely N-dealkylation sites (N-methyl/N-ethyl adjacent to an activating group) is 1. The maximum atomic E-state index is 12.5. The van der Waals surface area contributed by atoms with Gasteiger partial charge in [0.2, 0.25) is 11.8 Å². The summed E-state index contributed by atoms with van der Waals surface area (Å²) in [5.41, 5.74) is 2.56. The van der Waals surface area contributed by atoms with Crippen LogP contribution in [0.3, 0.4) is 0 Å². The van der Waals surface area contributed by atoms with E-state index in [2.05, 4.69) is 5.32 Å². The van der Waals surface area contributed by atoms with E-state index in [1.54, 1.807) is 38.3 Å². The lowest BCUT2D eigenvalue weighted by atomic mass is 10.1. The van der Waals surface area contributed by atoms with Gasteiger partial charge in [0.15, 0.2) is 11.5 Å².